The summed E-state index contributed by atoms with van der Waals surface area (Å²) in [5.41, 5.74) is 6.31. The van der Waals surface area contributed by atoms with E-state index < -0.39 is 5.54 Å². The van der Waals surface area contributed by atoms with Gasteiger partial charge in [0.15, 0.2) is 0 Å². The molecule has 0 aliphatic heterocycles. The molecule has 1 fully saturated rings. The maximum absolute atomic E-state index is 11.4. The minimum absolute atomic E-state index is 0.314. The standard InChI is InChI=1S/C13H17NO3/c1-16-11-5-3-4-9(6-11)10-7-13(14,8-10)12(15)17-2/h3-6,10H,7-8,14H2,1-2H3. The van der Waals surface area contributed by atoms with Crippen LogP contribution in [0.3, 0.4) is 0 Å². The number of methoxy groups -OCH3 is 2. The Morgan fingerprint density at radius 1 is 1.41 bits per heavy atom. The van der Waals surface area contributed by atoms with E-state index in [0.717, 1.165) is 11.3 Å². The summed E-state index contributed by atoms with van der Waals surface area (Å²) >= 11 is 0. The van der Waals surface area contributed by atoms with Crippen LogP contribution in [0.4, 0.5) is 0 Å². The van der Waals surface area contributed by atoms with Gasteiger partial charge in [-0.1, -0.05) is 12.1 Å². The summed E-state index contributed by atoms with van der Waals surface area (Å²) in [6, 6.07) is 7.87. The van der Waals surface area contributed by atoms with Gasteiger partial charge in [-0.2, -0.15) is 0 Å². The van der Waals surface area contributed by atoms with Gasteiger partial charge in [0.2, 0.25) is 0 Å². The van der Waals surface area contributed by atoms with Crippen LogP contribution in [0.15, 0.2) is 24.3 Å². The Labute approximate surface area is 101 Å². The molecule has 17 heavy (non-hydrogen) atoms. The van der Waals surface area contributed by atoms with Crippen LogP contribution in [0.1, 0.15) is 24.3 Å². The van der Waals surface area contributed by atoms with Gasteiger partial charge in [0.1, 0.15) is 11.3 Å². The maximum Gasteiger partial charge on any atom is 0.325 e. The second-order valence-electron chi connectivity index (χ2n) is 4.53. The Kier molecular flexibility index (Phi) is 3.07. The van der Waals surface area contributed by atoms with Crippen LogP contribution in [0.25, 0.3) is 0 Å². The first-order chi connectivity index (χ1) is 8.09. The second-order valence-corrected chi connectivity index (χ2v) is 4.53. The van der Waals surface area contributed by atoms with Crippen LogP contribution in [0.5, 0.6) is 5.75 Å². The Morgan fingerprint density at radius 3 is 2.71 bits per heavy atom. The Morgan fingerprint density at radius 2 is 2.12 bits per heavy atom. The molecule has 4 nitrogen and oxygen atoms in total. The molecule has 0 heterocycles. The van der Waals surface area contributed by atoms with Crippen LogP contribution in [0.2, 0.25) is 0 Å². The van der Waals surface area contributed by atoms with E-state index in [1.54, 1.807) is 7.11 Å². The van der Waals surface area contributed by atoms with Crippen molar-refractivity contribution in [1.82, 2.24) is 0 Å². The zero-order chi connectivity index (χ0) is 12.5. The maximum atomic E-state index is 11.4. The Bertz CT molecular complexity index is 424. The third-order valence-corrected chi connectivity index (χ3v) is 3.38. The summed E-state index contributed by atoms with van der Waals surface area (Å²) in [6.07, 6.45) is 1.26. The topological polar surface area (TPSA) is 61.5 Å². The lowest BCUT2D eigenvalue weighted by atomic mass is 9.66. The molecular weight excluding hydrogens is 218 g/mol. The van der Waals surface area contributed by atoms with E-state index in [0.29, 0.717) is 18.8 Å². The van der Waals surface area contributed by atoms with Gasteiger partial charge in [-0.3, -0.25) is 4.79 Å². The Hall–Kier alpha value is -1.55. The third kappa shape index (κ3) is 2.13. The van der Waals surface area contributed by atoms with E-state index >= 15 is 0 Å². The smallest absolute Gasteiger partial charge is 0.325 e. The minimum Gasteiger partial charge on any atom is -0.497 e. The van der Waals surface area contributed by atoms with Crippen molar-refractivity contribution < 1.29 is 14.3 Å². The summed E-state index contributed by atoms with van der Waals surface area (Å²) < 4.78 is 9.87. The molecule has 2 N–H and O–H groups in total. The number of carbonyl (C=O) groups excluding carboxylic acids is 1. The van der Waals surface area contributed by atoms with Gasteiger partial charge in [-0.05, 0) is 36.5 Å². The lowest BCUT2D eigenvalue weighted by Gasteiger charge is -2.42. The van der Waals surface area contributed by atoms with Crippen LogP contribution in [-0.2, 0) is 9.53 Å². The molecule has 0 bridgehead atoms. The molecule has 0 aromatic heterocycles. The van der Waals surface area contributed by atoms with Gasteiger partial charge in [0.25, 0.3) is 0 Å². The van der Waals surface area contributed by atoms with Gasteiger partial charge < -0.3 is 15.2 Å². The average Bonchev–Trinajstić information content (AvgIpc) is 2.34. The molecule has 1 saturated carbocycles. The largest absolute Gasteiger partial charge is 0.497 e. The summed E-state index contributed by atoms with van der Waals surface area (Å²) in [4.78, 5) is 11.4. The lowest BCUT2D eigenvalue weighted by Crippen LogP contribution is -2.57. The molecule has 0 amide bonds. The molecule has 0 unspecified atom stereocenters. The van der Waals surface area contributed by atoms with Crippen LogP contribution in [-0.4, -0.2) is 25.7 Å². The molecule has 0 spiro atoms. The second kappa shape index (κ2) is 4.37. The SMILES string of the molecule is COC(=O)C1(N)CC(c2cccc(OC)c2)C1. The molecule has 4 heteroatoms. The number of hydrogen-bond acceptors (Lipinski definition) is 4. The molecule has 92 valence electrons. The number of carbonyl (C=O) groups is 1. The van der Waals surface area contributed by atoms with Gasteiger partial charge in [-0.15, -0.1) is 0 Å². The quantitative estimate of drug-likeness (QED) is 0.805. The van der Waals surface area contributed by atoms with Crippen molar-refractivity contribution in [1.29, 1.82) is 0 Å². The lowest BCUT2D eigenvalue weighted by molar-refractivity contribution is -0.151. The molecule has 0 atom stereocenters. The van der Waals surface area contributed by atoms with Gasteiger partial charge in [0.05, 0.1) is 14.2 Å². The van der Waals surface area contributed by atoms with Crippen molar-refractivity contribution >= 4 is 5.97 Å². The first kappa shape index (κ1) is 11.9. The highest BCUT2D eigenvalue weighted by atomic mass is 16.5. The number of ether oxygens (including phenoxy) is 2. The van der Waals surface area contributed by atoms with E-state index in [1.807, 2.05) is 24.3 Å². The summed E-state index contributed by atoms with van der Waals surface area (Å²) in [7, 11) is 3.01. The van der Waals surface area contributed by atoms with E-state index in [4.69, 9.17) is 15.2 Å². The van der Waals surface area contributed by atoms with Crippen molar-refractivity contribution in [2.75, 3.05) is 14.2 Å². The first-order valence-electron chi connectivity index (χ1n) is 5.60. The highest BCUT2D eigenvalue weighted by Gasteiger charge is 2.48. The predicted octanol–water partition coefficient (Wildman–Crippen LogP) is 1.44. The molecule has 1 aliphatic rings. The normalized spacial score (nSPS) is 27.1. The number of rotatable bonds is 3. The number of benzene rings is 1. The highest BCUT2D eigenvalue weighted by Crippen LogP contribution is 2.44. The van der Waals surface area contributed by atoms with E-state index in [2.05, 4.69) is 0 Å². The summed E-state index contributed by atoms with van der Waals surface area (Å²) in [5.74, 6) is 0.820. The van der Waals surface area contributed by atoms with Crippen LogP contribution < -0.4 is 10.5 Å². The van der Waals surface area contributed by atoms with E-state index in [9.17, 15) is 4.79 Å². The zero-order valence-corrected chi connectivity index (χ0v) is 10.1. The van der Waals surface area contributed by atoms with Crippen LogP contribution in [0, 0.1) is 0 Å². The predicted molar refractivity (Wildman–Crippen MR) is 63.9 cm³/mol. The van der Waals surface area contributed by atoms with Gasteiger partial charge in [0, 0.05) is 0 Å². The summed E-state index contributed by atoms with van der Waals surface area (Å²) in [5, 5.41) is 0. The molecule has 2 rings (SSSR count). The molecule has 1 aromatic rings. The zero-order valence-electron chi connectivity index (χ0n) is 10.1. The summed E-state index contributed by atoms with van der Waals surface area (Å²) in [6.45, 7) is 0. The van der Waals surface area contributed by atoms with Crippen LogP contribution >= 0.6 is 0 Å². The first-order valence-corrected chi connectivity index (χ1v) is 5.60. The Balaban J connectivity index is 2.06. The van der Waals surface area contributed by atoms with Gasteiger partial charge in [-0.25, -0.2) is 0 Å². The number of esters is 1. The molecule has 0 radical (unpaired) electrons. The van der Waals surface area contributed by atoms with Crippen molar-refractivity contribution in [3.63, 3.8) is 0 Å². The minimum atomic E-state index is -0.803. The number of nitrogens with two attached hydrogens (primary N) is 1. The fourth-order valence-corrected chi connectivity index (χ4v) is 2.32. The molecule has 1 aliphatic carbocycles. The van der Waals surface area contributed by atoms with Crippen molar-refractivity contribution in [2.45, 2.75) is 24.3 Å². The van der Waals surface area contributed by atoms with Crippen molar-refractivity contribution in [3.05, 3.63) is 29.8 Å². The monoisotopic (exact) mass is 235 g/mol. The average molecular weight is 235 g/mol. The molecule has 1 aromatic carbocycles. The third-order valence-electron chi connectivity index (χ3n) is 3.38. The number of hydrogen-bond donors (Lipinski definition) is 1. The van der Waals surface area contributed by atoms with E-state index in [1.165, 1.54) is 7.11 Å². The fraction of sp³-hybridized carbons (Fsp3) is 0.462. The fourth-order valence-electron chi connectivity index (χ4n) is 2.32. The molecular formula is C13H17NO3. The highest BCUT2D eigenvalue weighted by molar-refractivity contribution is 5.82. The van der Waals surface area contributed by atoms with Crippen molar-refractivity contribution in [2.24, 2.45) is 5.73 Å². The van der Waals surface area contributed by atoms with Gasteiger partial charge >= 0.3 is 5.97 Å². The van der Waals surface area contributed by atoms with E-state index in [-0.39, 0.29) is 5.97 Å². The molecule has 0 saturated heterocycles. The van der Waals surface area contributed by atoms with Crippen molar-refractivity contribution in [3.8, 4) is 5.75 Å².